The molecular formula is C18H30N4O3S2. The van der Waals surface area contributed by atoms with Crippen LogP contribution in [0.15, 0.2) is 22.5 Å². The Bertz CT molecular complexity index is 720. The van der Waals surface area contributed by atoms with Crippen LogP contribution >= 0.6 is 11.3 Å². The Hall–Kier alpha value is -1.16. The minimum Gasteiger partial charge on any atom is -0.381 e. The monoisotopic (exact) mass is 414 g/mol. The smallest absolute Gasteiger partial charge is 0.193 e. The Morgan fingerprint density at radius 1 is 1.30 bits per heavy atom. The first-order chi connectivity index (χ1) is 12.9. The van der Waals surface area contributed by atoms with Crippen molar-refractivity contribution in [1.82, 2.24) is 15.1 Å². The van der Waals surface area contributed by atoms with Crippen molar-refractivity contribution < 1.29 is 13.2 Å². The summed E-state index contributed by atoms with van der Waals surface area (Å²) >= 11 is 1.80. The predicted octanol–water partition coefficient (Wildman–Crippen LogP) is 1.03. The number of sulfone groups is 1. The number of hydrogen-bond donors (Lipinski definition) is 1. The number of thiophene rings is 1. The molecule has 0 amide bonds. The largest absolute Gasteiger partial charge is 0.381 e. The summed E-state index contributed by atoms with van der Waals surface area (Å²) in [5.74, 6) is 0.792. The summed E-state index contributed by atoms with van der Waals surface area (Å²) in [6.45, 7) is 6.10. The lowest BCUT2D eigenvalue weighted by atomic mass is 9.99. The number of nitrogens with zero attached hydrogens (tertiary/aromatic N) is 3. The molecule has 0 atom stereocenters. The zero-order valence-corrected chi connectivity index (χ0v) is 17.8. The molecule has 2 saturated heterocycles. The lowest BCUT2D eigenvalue weighted by Crippen LogP contribution is -2.57. The van der Waals surface area contributed by atoms with E-state index >= 15 is 0 Å². The molecule has 2 fully saturated rings. The second-order valence-corrected chi connectivity index (χ2v) is 10.8. The van der Waals surface area contributed by atoms with Crippen LogP contribution in [0.3, 0.4) is 0 Å². The minimum atomic E-state index is -3.18. The molecule has 0 saturated carbocycles. The number of nitrogens with one attached hydrogen (secondary N) is 1. The highest BCUT2D eigenvalue weighted by molar-refractivity contribution is 7.92. The Balaban J connectivity index is 1.55. The molecule has 1 aromatic heterocycles. The van der Waals surface area contributed by atoms with E-state index in [4.69, 9.17) is 4.74 Å². The predicted molar refractivity (Wildman–Crippen MR) is 110 cm³/mol. The molecule has 27 heavy (non-hydrogen) atoms. The van der Waals surface area contributed by atoms with Crippen molar-refractivity contribution in [2.75, 3.05) is 59.2 Å². The van der Waals surface area contributed by atoms with Crippen LogP contribution in [0.4, 0.5) is 0 Å². The maximum atomic E-state index is 12.4. The molecule has 3 rings (SSSR count). The van der Waals surface area contributed by atoms with Crippen LogP contribution in [-0.2, 0) is 21.1 Å². The fraction of sp³-hybridized carbons (Fsp3) is 0.722. The Morgan fingerprint density at radius 3 is 2.56 bits per heavy atom. The van der Waals surface area contributed by atoms with Gasteiger partial charge in [-0.25, -0.2) is 8.42 Å². The van der Waals surface area contributed by atoms with Gasteiger partial charge in [0.1, 0.15) is 0 Å². The van der Waals surface area contributed by atoms with Gasteiger partial charge in [-0.05, 0) is 24.3 Å². The molecule has 0 radical (unpaired) electrons. The molecule has 0 spiro atoms. The summed E-state index contributed by atoms with van der Waals surface area (Å²) < 4.78 is 29.5. The Labute approximate surface area is 166 Å². The third-order valence-corrected chi connectivity index (χ3v) is 8.59. The van der Waals surface area contributed by atoms with Crippen LogP contribution in [0.25, 0.3) is 0 Å². The molecule has 1 aromatic rings. The maximum absolute atomic E-state index is 12.4. The SMILES string of the molecule is CN=C(NCC1(S(C)(=O)=O)CCOCC1)N1CCN(Cc2cccs2)CC1. The first kappa shape index (κ1) is 20.6. The first-order valence-corrected chi connectivity index (χ1v) is 12.2. The van der Waals surface area contributed by atoms with Crippen LogP contribution in [-0.4, -0.2) is 88.2 Å². The van der Waals surface area contributed by atoms with Gasteiger partial charge in [0.15, 0.2) is 15.8 Å². The number of guanidine groups is 1. The Kier molecular flexibility index (Phi) is 6.78. The van der Waals surface area contributed by atoms with E-state index in [1.54, 1.807) is 18.4 Å². The van der Waals surface area contributed by atoms with Crippen LogP contribution in [0.1, 0.15) is 17.7 Å². The van der Waals surface area contributed by atoms with Gasteiger partial charge >= 0.3 is 0 Å². The quantitative estimate of drug-likeness (QED) is 0.573. The van der Waals surface area contributed by atoms with E-state index in [0.29, 0.717) is 32.6 Å². The van der Waals surface area contributed by atoms with Crippen molar-refractivity contribution in [3.63, 3.8) is 0 Å². The topological polar surface area (TPSA) is 74.2 Å². The molecule has 7 nitrogen and oxygen atoms in total. The fourth-order valence-electron chi connectivity index (χ4n) is 3.74. The van der Waals surface area contributed by atoms with Gasteiger partial charge in [-0.1, -0.05) is 6.07 Å². The average molecular weight is 415 g/mol. The van der Waals surface area contributed by atoms with Crippen LogP contribution < -0.4 is 5.32 Å². The van der Waals surface area contributed by atoms with Crippen LogP contribution in [0, 0.1) is 0 Å². The van der Waals surface area contributed by atoms with Gasteiger partial charge in [-0.3, -0.25) is 9.89 Å². The highest BCUT2D eigenvalue weighted by atomic mass is 32.2. The van der Waals surface area contributed by atoms with Crippen molar-refractivity contribution in [2.45, 2.75) is 24.1 Å². The number of piperazine rings is 1. The number of rotatable bonds is 5. The van der Waals surface area contributed by atoms with Gasteiger partial charge in [-0.2, -0.15) is 0 Å². The van der Waals surface area contributed by atoms with Crippen molar-refractivity contribution in [3.8, 4) is 0 Å². The molecule has 0 unspecified atom stereocenters. The van der Waals surface area contributed by atoms with Gasteiger partial charge in [0.25, 0.3) is 0 Å². The molecular weight excluding hydrogens is 384 g/mol. The summed E-state index contributed by atoms with van der Waals surface area (Å²) in [5.41, 5.74) is 0. The average Bonchev–Trinajstić information content (AvgIpc) is 3.16. The van der Waals surface area contributed by atoms with Gasteiger partial charge in [0.05, 0.1) is 4.75 Å². The fourth-order valence-corrected chi connectivity index (χ4v) is 5.72. The number of hydrogen-bond acceptors (Lipinski definition) is 6. The van der Waals surface area contributed by atoms with Gasteiger partial charge in [0, 0.05) is 70.7 Å². The number of aliphatic imine (C=N–C) groups is 1. The third kappa shape index (κ3) is 5.01. The zero-order valence-electron chi connectivity index (χ0n) is 16.2. The molecule has 9 heteroatoms. The summed E-state index contributed by atoms with van der Waals surface area (Å²) in [7, 11) is -1.42. The molecule has 0 aromatic carbocycles. The van der Waals surface area contributed by atoms with E-state index in [1.165, 1.54) is 11.1 Å². The van der Waals surface area contributed by atoms with Gasteiger partial charge < -0.3 is 15.0 Å². The molecule has 0 aliphatic carbocycles. The second-order valence-electron chi connectivity index (χ2n) is 7.31. The van der Waals surface area contributed by atoms with Gasteiger partial charge in [0.2, 0.25) is 0 Å². The summed E-state index contributed by atoms with van der Waals surface area (Å²) in [6, 6.07) is 4.27. The normalized spacial score (nSPS) is 22.0. The molecule has 2 aliphatic rings. The highest BCUT2D eigenvalue weighted by Crippen LogP contribution is 2.28. The summed E-state index contributed by atoms with van der Waals surface area (Å²) in [6.07, 6.45) is 2.40. The lowest BCUT2D eigenvalue weighted by Gasteiger charge is -2.39. The maximum Gasteiger partial charge on any atom is 0.193 e. The summed E-state index contributed by atoms with van der Waals surface area (Å²) in [5, 5.41) is 5.46. The minimum absolute atomic E-state index is 0.386. The van der Waals surface area contributed by atoms with Crippen molar-refractivity contribution in [3.05, 3.63) is 22.4 Å². The highest BCUT2D eigenvalue weighted by Gasteiger charge is 2.42. The first-order valence-electron chi connectivity index (χ1n) is 9.41. The zero-order chi connectivity index (χ0) is 19.3. The van der Waals surface area contributed by atoms with E-state index < -0.39 is 14.6 Å². The van der Waals surface area contributed by atoms with Crippen molar-refractivity contribution >= 4 is 27.1 Å². The van der Waals surface area contributed by atoms with Crippen LogP contribution in [0.2, 0.25) is 0 Å². The van der Waals surface area contributed by atoms with Crippen molar-refractivity contribution in [2.24, 2.45) is 4.99 Å². The molecule has 0 bridgehead atoms. The third-order valence-electron chi connectivity index (χ3n) is 5.60. The molecule has 2 aliphatic heterocycles. The van der Waals surface area contributed by atoms with Crippen molar-refractivity contribution in [1.29, 1.82) is 0 Å². The molecule has 3 heterocycles. The molecule has 152 valence electrons. The van der Waals surface area contributed by atoms with E-state index in [2.05, 4.69) is 37.6 Å². The summed E-state index contributed by atoms with van der Waals surface area (Å²) in [4.78, 5) is 10.5. The number of ether oxygens (including phenoxy) is 1. The Morgan fingerprint density at radius 2 is 2.00 bits per heavy atom. The van der Waals surface area contributed by atoms with E-state index in [0.717, 1.165) is 38.7 Å². The van der Waals surface area contributed by atoms with Crippen LogP contribution in [0.5, 0.6) is 0 Å². The lowest BCUT2D eigenvalue weighted by molar-refractivity contribution is 0.0753. The van der Waals surface area contributed by atoms with Gasteiger partial charge in [-0.15, -0.1) is 11.3 Å². The van der Waals surface area contributed by atoms with E-state index in [1.807, 2.05) is 0 Å². The van der Waals surface area contributed by atoms with E-state index in [-0.39, 0.29) is 0 Å². The standard InChI is InChI=1S/C18H30N4O3S2/c1-19-17(20-15-18(27(2,23)24)5-11-25-12-6-18)22-9-7-21(8-10-22)14-16-4-3-13-26-16/h3-4,13H,5-12,14-15H2,1-2H3,(H,19,20). The second kappa shape index (κ2) is 8.89. The van der Waals surface area contributed by atoms with E-state index in [9.17, 15) is 8.42 Å². The molecule has 1 N–H and O–H groups in total.